The van der Waals surface area contributed by atoms with E-state index in [1.807, 2.05) is 62.3 Å². The van der Waals surface area contributed by atoms with Crippen LogP contribution in [-0.4, -0.2) is 30.0 Å². The van der Waals surface area contributed by atoms with Crippen molar-refractivity contribution in [2.45, 2.75) is 66.7 Å². The molecule has 0 radical (unpaired) electrons. The molecule has 0 saturated heterocycles. The van der Waals surface area contributed by atoms with E-state index < -0.39 is 0 Å². The molecule has 1 aromatic heterocycles. The van der Waals surface area contributed by atoms with Crippen LogP contribution in [0.15, 0.2) is 48.5 Å². The summed E-state index contributed by atoms with van der Waals surface area (Å²) in [7, 11) is 3.99. The van der Waals surface area contributed by atoms with Crippen LogP contribution in [0.3, 0.4) is 0 Å². The van der Waals surface area contributed by atoms with Crippen LogP contribution in [0.4, 0.5) is 5.82 Å². The van der Waals surface area contributed by atoms with Gasteiger partial charge >= 0.3 is 5.97 Å². The lowest BCUT2D eigenvalue weighted by molar-refractivity contribution is -0.131. The predicted molar refractivity (Wildman–Crippen MR) is 143 cm³/mol. The van der Waals surface area contributed by atoms with E-state index in [0.29, 0.717) is 5.75 Å². The quantitative estimate of drug-likeness (QED) is 0.309. The van der Waals surface area contributed by atoms with Crippen LogP contribution in [0, 0.1) is 18.8 Å². The Hall–Kier alpha value is -2.95. The zero-order valence-electron chi connectivity index (χ0n) is 22.0. The fourth-order valence-electron chi connectivity index (χ4n) is 3.90. The summed E-state index contributed by atoms with van der Waals surface area (Å²) < 4.78 is 4.87. The summed E-state index contributed by atoms with van der Waals surface area (Å²) >= 11 is 0. The number of anilines is 1. The Morgan fingerprint density at radius 2 is 1.50 bits per heavy atom. The molecule has 1 aliphatic rings. The fraction of sp³-hybridized carbons (Fsp3) is 0.483. The average molecular weight is 464 g/mol. The maximum atomic E-state index is 10.5. The van der Waals surface area contributed by atoms with Crippen LogP contribution in [-0.2, 0) is 11.2 Å². The minimum Gasteiger partial charge on any atom is -0.427 e. The lowest BCUT2D eigenvalue weighted by atomic mass is 9.84. The maximum Gasteiger partial charge on any atom is 0.308 e. The average Bonchev–Trinajstić information content (AvgIpc) is 2.81. The van der Waals surface area contributed by atoms with Gasteiger partial charge in [-0.15, -0.1) is 0 Å². The lowest BCUT2D eigenvalue weighted by Crippen LogP contribution is -2.12. The van der Waals surface area contributed by atoms with Crippen molar-refractivity contribution in [2.24, 2.45) is 11.8 Å². The van der Waals surface area contributed by atoms with Crippen LogP contribution in [0.5, 0.6) is 5.75 Å². The fourth-order valence-corrected chi connectivity index (χ4v) is 3.90. The van der Waals surface area contributed by atoms with Gasteiger partial charge in [-0.25, -0.2) is 9.97 Å². The molecule has 0 unspecified atom stereocenters. The van der Waals surface area contributed by atoms with Gasteiger partial charge in [0.25, 0.3) is 0 Å². The van der Waals surface area contributed by atoms with Gasteiger partial charge in [0.15, 0.2) is 0 Å². The summed E-state index contributed by atoms with van der Waals surface area (Å²) in [6.45, 7) is 10.1. The van der Waals surface area contributed by atoms with Gasteiger partial charge in [0.05, 0.1) is 5.52 Å². The summed E-state index contributed by atoms with van der Waals surface area (Å²) in [6, 6.07) is 15.6. The minimum absolute atomic E-state index is 0.278. The molecule has 1 saturated carbocycles. The van der Waals surface area contributed by atoms with E-state index in [2.05, 4.69) is 30.7 Å². The Bertz CT molecular complexity index is 1010. The highest BCUT2D eigenvalue weighted by Crippen LogP contribution is 2.27. The third kappa shape index (κ3) is 9.12. The van der Waals surface area contributed by atoms with Crippen molar-refractivity contribution in [3.8, 4) is 5.75 Å². The molecule has 0 aliphatic heterocycles. The number of aromatic nitrogens is 2. The number of para-hydroxylation sites is 1. The third-order valence-corrected chi connectivity index (χ3v) is 6.02. The van der Waals surface area contributed by atoms with Gasteiger partial charge in [0.1, 0.15) is 17.4 Å². The number of ether oxygens (including phenoxy) is 1. The lowest BCUT2D eigenvalue weighted by Gasteiger charge is -2.22. The standard InChI is InChI=1S/C11H13N3.C10H12O2.C8H16/c1-8-12-10-7-5-4-6-9(10)11(13-8)14(2)3;1-3-9-4-6-10(7-5-9)12-8(2)11;1-7-3-5-8(2)6-4-7/h4-7H,1-3H3;4-7H,3H2,1-2H3;7-8H,3-6H2,1-2H3. The number of hydrogen-bond acceptors (Lipinski definition) is 5. The van der Waals surface area contributed by atoms with Gasteiger partial charge in [-0.05, 0) is 55.0 Å². The van der Waals surface area contributed by atoms with Crippen molar-refractivity contribution in [2.75, 3.05) is 19.0 Å². The molecule has 1 heterocycles. The molecule has 0 atom stereocenters. The Morgan fingerprint density at radius 3 is 2.00 bits per heavy atom. The van der Waals surface area contributed by atoms with E-state index in [1.54, 1.807) is 12.1 Å². The molecule has 0 spiro atoms. The van der Waals surface area contributed by atoms with Gasteiger partial charge in [-0.1, -0.05) is 70.7 Å². The minimum atomic E-state index is -0.278. The van der Waals surface area contributed by atoms with Gasteiger partial charge in [0, 0.05) is 26.4 Å². The van der Waals surface area contributed by atoms with Crippen molar-refractivity contribution in [1.29, 1.82) is 0 Å². The molecule has 5 nitrogen and oxygen atoms in total. The SMILES string of the molecule is CC1CCC(C)CC1.CCc1ccc(OC(C)=O)cc1.Cc1nc(N(C)C)c2ccccc2n1. The first kappa shape index (κ1) is 27.3. The number of aryl methyl sites for hydroxylation is 2. The molecule has 5 heteroatoms. The number of benzene rings is 2. The predicted octanol–water partition coefficient (Wildman–Crippen LogP) is 7.01. The topological polar surface area (TPSA) is 55.3 Å². The maximum absolute atomic E-state index is 10.5. The highest BCUT2D eigenvalue weighted by Gasteiger charge is 2.13. The number of fused-ring (bicyclic) bond motifs is 1. The summed E-state index contributed by atoms with van der Waals surface area (Å²) in [6.07, 6.45) is 6.89. The zero-order valence-corrected chi connectivity index (χ0v) is 22.0. The monoisotopic (exact) mass is 463 g/mol. The summed E-state index contributed by atoms with van der Waals surface area (Å²) in [5.74, 6) is 4.16. The number of carbonyl (C=O) groups is 1. The van der Waals surface area contributed by atoms with Crippen LogP contribution >= 0.6 is 0 Å². The Balaban J connectivity index is 0.000000187. The second-order valence-electron chi connectivity index (χ2n) is 9.46. The third-order valence-electron chi connectivity index (χ3n) is 6.02. The van der Waals surface area contributed by atoms with E-state index in [1.165, 1.54) is 38.2 Å². The number of hydrogen-bond donors (Lipinski definition) is 0. The Labute approximate surface area is 205 Å². The Kier molecular flexibility index (Phi) is 11.0. The van der Waals surface area contributed by atoms with E-state index in [-0.39, 0.29) is 5.97 Å². The molecule has 0 amide bonds. The molecule has 0 bridgehead atoms. The van der Waals surface area contributed by atoms with Crippen LogP contribution in [0.1, 0.15) is 64.8 Å². The summed E-state index contributed by atoms with van der Waals surface area (Å²) in [4.78, 5) is 21.4. The molecule has 1 aliphatic carbocycles. The summed E-state index contributed by atoms with van der Waals surface area (Å²) in [5.41, 5.74) is 2.25. The molecule has 2 aromatic carbocycles. The van der Waals surface area contributed by atoms with E-state index in [0.717, 1.165) is 40.8 Å². The highest BCUT2D eigenvalue weighted by molar-refractivity contribution is 5.89. The normalized spacial score (nSPS) is 17.0. The van der Waals surface area contributed by atoms with Crippen molar-refractivity contribution in [3.63, 3.8) is 0 Å². The number of carbonyl (C=O) groups excluding carboxylic acids is 1. The second-order valence-corrected chi connectivity index (χ2v) is 9.46. The smallest absolute Gasteiger partial charge is 0.308 e. The van der Waals surface area contributed by atoms with Gasteiger partial charge < -0.3 is 9.64 Å². The molecule has 184 valence electrons. The Morgan fingerprint density at radius 1 is 0.941 bits per heavy atom. The number of esters is 1. The van der Waals surface area contributed by atoms with Crippen molar-refractivity contribution >= 4 is 22.7 Å². The van der Waals surface area contributed by atoms with E-state index >= 15 is 0 Å². The molecular weight excluding hydrogens is 422 g/mol. The van der Waals surface area contributed by atoms with E-state index in [4.69, 9.17) is 4.74 Å². The molecule has 4 rings (SSSR count). The van der Waals surface area contributed by atoms with Crippen molar-refractivity contribution in [3.05, 3.63) is 59.9 Å². The molecule has 1 fully saturated rings. The largest absolute Gasteiger partial charge is 0.427 e. The van der Waals surface area contributed by atoms with Gasteiger partial charge in [-0.2, -0.15) is 0 Å². The van der Waals surface area contributed by atoms with Crippen LogP contribution < -0.4 is 9.64 Å². The second kappa shape index (κ2) is 13.7. The zero-order chi connectivity index (χ0) is 25.1. The molecule has 34 heavy (non-hydrogen) atoms. The van der Waals surface area contributed by atoms with Gasteiger partial charge in [-0.3, -0.25) is 4.79 Å². The first-order chi connectivity index (χ1) is 16.2. The van der Waals surface area contributed by atoms with Crippen molar-refractivity contribution in [1.82, 2.24) is 9.97 Å². The highest BCUT2D eigenvalue weighted by atomic mass is 16.5. The van der Waals surface area contributed by atoms with Gasteiger partial charge in [0.2, 0.25) is 0 Å². The molecule has 3 aromatic rings. The summed E-state index contributed by atoms with van der Waals surface area (Å²) in [5, 5.41) is 1.10. The molecule has 0 N–H and O–H groups in total. The molecular formula is C29H41N3O2. The van der Waals surface area contributed by atoms with Crippen molar-refractivity contribution < 1.29 is 9.53 Å². The van der Waals surface area contributed by atoms with Crippen LogP contribution in [0.25, 0.3) is 10.9 Å². The first-order valence-corrected chi connectivity index (χ1v) is 12.4. The number of rotatable bonds is 3. The number of nitrogens with zero attached hydrogens (tertiary/aromatic N) is 3. The van der Waals surface area contributed by atoms with E-state index in [9.17, 15) is 4.79 Å². The van der Waals surface area contributed by atoms with Crippen LogP contribution in [0.2, 0.25) is 0 Å². The first-order valence-electron chi connectivity index (χ1n) is 12.4.